The van der Waals surface area contributed by atoms with Crippen LogP contribution in [0.2, 0.25) is 0 Å². The van der Waals surface area contributed by atoms with Crippen LogP contribution in [0.5, 0.6) is 0 Å². The molecule has 0 N–H and O–H groups in total. The van der Waals surface area contributed by atoms with E-state index in [2.05, 4.69) is 15.0 Å². The van der Waals surface area contributed by atoms with E-state index in [9.17, 15) is 14.0 Å². The number of carbonyl (C=O) groups excluding carboxylic acids is 1. The van der Waals surface area contributed by atoms with Crippen molar-refractivity contribution >= 4 is 23.1 Å². The largest absolute Gasteiger partial charge is 0.362 e. The number of amides is 1. The smallest absolute Gasteiger partial charge is 0.352 e. The molecule has 9 nitrogen and oxygen atoms in total. The Bertz CT molecular complexity index is 1240. The van der Waals surface area contributed by atoms with Crippen LogP contribution in [0.25, 0.3) is 5.65 Å². The normalized spacial score (nSPS) is 18.5. The molecule has 174 valence electrons. The topological polar surface area (TPSA) is 85.0 Å². The van der Waals surface area contributed by atoms with E-state index < -0.39 is 0 Å². The van der Waals surface area contributed by atoms with Crippen molar-refractivity contribution in [2.24, 2.45) is 5.92 Å². The molecule has 1 atom stereocenters. The number of halogens is 1. The molecule has 0 unspecified atom stereocenters. The summed E-state index contributed by atoms with van der Waals surface area (Å²) in [5, 5.41) is 4.33. The first-order valence-corrected chi connectivity index (χ1v) is 11.3. The highest BCUT2D eigenvalue weighted by molar-refractivity contribution is 5.94. The van der Waals surface area contributed by atoms with E-state index in [1.807, 2.05) is 18.2 Å². The van der Waals surface area contributed by atoms with Gasteiger partial charge in [0.05, 0.1) is 12.2 Å². The molecule has 1 saturated heterocycles. The van der Waals surface area contributed by atoms with Crippen molar-refractivity contribution in [2.45, 2.75) is 32.4 Å². The number of likely N-dealkylation sites (tertiary alicyclic amines) is 1. The lowest BCUT2D eigenvalue weighted by Crippen LogP contribution is -2.40. The van der Waals surface area contributed by atoms with E-state index in [1.165, 1.54) is 16.2 Å². The zero-order valence-electron chi connectivity index (χ0n) is 18.6. The summed E-state index contributed by atoms with van der Waals surface area (Å²) in [6.07, 6.45) is 6.73. The number of aromatic nitrogens is 4. The van der Waals surface area contributed by atoms with Crippen molar-refractivity contribution in [3.05, 3.63) is 52.2 Å². The van der Waals surface area contributed by atoms with Crippen molar-refractivity contribution in [3.8, 4) is 0 Å². The highest BCUT2D eigenvalue weighted by Crippen LogP contribution is 2.33. The monoisotopic (exact) mass is 454 g/mol. The van der Waals surface area contributed by atoms with Crippen molar-refractivity contribution < 1.29 is 13.9 Å². The van der Waals surface area contributed by atoms with Crippen LogP contribution < -0.4 is 10.6 Å². The second kappa shape index (κ2) is 8.93. The number of piperidine rings is 1. The number of hydrogen-bond acceptors (Lipinski definition) is 6. The second-order valence-corrected chi connectivity index (χ2v) is 8.69. The number of pyridine rings is 2. The van der Waals surface area contributed by atoms with Gasteiger partial charge in [-0.25, -0.2) is 9.78 Å². The van der Waals surface area contributed by atoms with Crippen molar-refractivity contribution in [1.29, 1.82) is 0 Å². The minimum atomic E-state index is -0.388. The number of carbonyl (C=O) groups is 1. The van der Waals surface area contributed by atoms with Gasteiger partial charge in [-0.1, -0.05) is 0 Å². The van der Waals surface area contributed by atoms with Gasteiger partial charge in [0.2, 0.25) is 0 Å². The maximum absolute atomic E-state index is 13.1. The van der Waals surface area contributed by atoms with E-state index >= 15 is 0 Å². The molecule has 0 radical (unpaired) electrons. The Morgan fingerprint density at radius 1 is 1.27 bits per heavy atom. The summed E-state index contributed by atoms with van der Waals surface area (Å²) in [4.78, 5) is 33.9. The Morgan fingerprint density at radius 3 is 2.97 bits per heavy atom. The van der Waals surface area contributed by atoms with Crippen molar-refractivity contribution in [3.63, 3.8) is 0 Å². The Kier molecular flexibility index (Phi) is 5.84. The molecule has 5 heterocycles. The molecule has 0 aromatic carbocycles. The molecule has 0 spiro atoms. The predicted octanol–water partition coefficient (Wildman–Crippen LogP) is 2.40. The maximum Gasteiger partial charge on any atom is 0.352 e. The third-order valence-electron chi connectivity index (χ3n) is 6.43. The van der Waals surface area contributed by atoms with E-state index in [0.717, 1.165) is 49.3 Å². The van der Waals surface area contributed by atoms with Crippen molar-refractivity contribution in [1.82, 2.24) is 24.1 Å². The molecule has 3 aromatic rings. The van der Waals surface area contributed by atoms with Gasteiger partial charge in [-0.2, -0.15) is 4.68 Å². The number of methoxy groups -OCH3 is 1. The number of hydrogen-bond donors (Lipinski definition) is 0. The Hall–Kier alpha value is -3.27. The van der Waals surface area contributed by atoms with Gasteiger partial charge < -0.3 is 14.5 Å². The van der Waals surface area contributed by atoms with Crippen LogP contribution in [-0.4, -0.2) is 63.4 Å². The number of aryl methyl sites for hydroxylation is 1. The Morgan fingerprint density at radius 2 is 2.15 bits per heavy atom. The summed E-state index contributed by atoms with van der Waals surface area (Å²) in [6, 6.07) is 5.65. The zero-order chi connectivity index (χ0) is 22.9. The molecule has 3 aromatic heterocycles. The summed E-state index contributed by atoms with van der Waals surface area (Å²) >= 11 is 0. The number of alkyl halides is 1. The molecule has 5 rings (SSSR count). The fraction of sp³-hybridized carbons (Fsp3) is 0.478. The maximum atomic E-state index is 13.1. The molecule has 0 bridgehead atoms. The second-order valence-electron chi connectivity index (χ2n) is 8.69. The minimum Gasteiger partial charge on any atom is -0.362 e. The fourth-order valence-electron chi connectivity index (χ4n) is 4.77. The SMILES string of the molecule is COCn1nc2cc(N3CCCc4cc(C(=O)N5CCC[C@@H](CF)C5)cnc43)ccn2c1=O. The molecule has 0 saturated carbocycles. The zero-order valence-corrected chi connectivity index (χ0v) is 18.6. The number of nitrogens with zero attached hydrogens (tertiary/aromatic N) is 6. The minimum absolute atomic E-state index is 0.0708. The fourth-order valence-corrected chi connectivity index (χ4v) is 4.77. The van der Waals surface area contributed by atoms with Gasteiger partial charge in [0.1, 0.15) is 12.5 Å². The summed E-state index contributed by atoms with van der Waals surface area (Å²) in [7, 11) is 1.52. The number of ether oxygens (including phenoxy) is 1. The molecule has 1 fully saturated rings. The third kappa shape index (κ3) is 3.99. The molecule has 2 aliphatic rings. The van der Waals surface area contributed by atoms with E-state index in [4.69, 9.17) is 4.74 Å². The highest BCUT2D eigenvalue weighted by Gasteiger charge is 2.27. The van der Waals surface area contributed by atoms with Gasteiger partial charge in [-0.05, 0) is 43.4 Å². The van der Waals surface area contributed by atoms with Gasteiger partial charge in [0.25, 0.3) is 5.91 Å². The molecule has 0 aliphatic carbocycles. The Labute approximate surface area is 190 Å². The lowest BCUT2D eigenvalue weighted by Gasteiger charge is -2.33. The average Bonchev–Trinajstić information content (AvgIpc) is 3.17. The summed E-state index contributed by atoms with van der Waals surface area (Å²) in [5.74, 6) is 0.657. The molecule has 33 heavy (non-hydrogen) atoms. The van der Waals surface area contributed by atoms with Gasteiger partial charge in [0, 0.05) is 56.8 Å². The summed E-state index contributed by atoms with van der Waals surface area (Å²) in [5.41, 5.74) is 2.71. The molecular weight excluding hydrogens is 427 g/mol. The number of anilines is 2. The first kappa shape index (κ1) is 21.6. The lowest BCUT2D eigenvalue weighted by molar-refractivity contribution is 0.0656. The van der Waals surface area contributed by atoms with Gasteiger partial charge in [-0.15, -0.1) is 5.10 Å². The number of fused-ring (bicyclic) bond motifs is 2. The van der Waals surface area contributed by atoms with E-state index in [1.54, 1.807) is 17.3 Å². The van der Waals surface area contributed by atoms with Gasteiger partial charge in [-0.3, -0.25) is 13.6 Å². The molecule has 2 aliphatic heterocycles. The average molecular weight is 455 g/mol. The van der Waals surface area contributed by atoms with Crippen LogP contribution in [0.15, 0.2) is 35.4 Å². The van der Waals surface area contributed by atoms with Crippen LogP contribution in [0.4, 0.5) is 15.9 Å². The third-order valence-corrected chi connectivity index (χ3v) is 6.43. The first-order valence-electron chi connectivity index (χ1n) is 11.3. The van der Waals surface area contributed by atoms with Gasteiger partial charge >= 0.3 is 5.69 Å². The predicted molar refractivity (Wildman–Crippen MR) is 121 cm³/mol. The molecule has 10 heteroatoms. The highest BCUT2D eigenvalue weighted by atomic mass is 19.1. The first-order chi connectivity index (χ1) is 16.1. The van der Waals surface area contributed by atoms with Crippen LogP contribution in [0, 0.1) is 5.92 Å². The summed E-state index contributed by atoms with van der Waals surface area (Å²) in [6.45, 7) is 1.60. The van der Waals surface area contributed by atoms with E-state index in [-0.39, 0.29) is 30.9 Å². The lowest BCUT2D eigenvalue weighted by atomic mass is 9.98. The quantitative estimate of drug-likeness (QED) is 0.589. The number of rotatable bonds is 5. The van der Waals surface area contributed by atoms with Gasteiger partial charge in [0.15, 0.2) is 5.65 Å². The Balaban J connectivity index is 1.43. The standard InChI is InChI=1S/C23H27FN6O3/c1-33-15-30-23(32)29-9-6-19(11-20(29)26-30)28-8-3-5-17-10-18(13-25-21(17)28)22(31)27-7-2-4-16(12-24)14-27/h6,9-11,13,16H,2-5,7-8,12,14-15H2,1H3/t16-/m0/s1. The van der Waals surface area contributed by atoms with Crippen LogP contribution >= 0.6 is 0 Å². The summed E-state index contributed by atoms with van der Waals surface area (Å²) < 4.78 is 20.9. The van der Waals surface area contributed by atoms with Crippen LogP contribution in [0.1, 0.15) is 35.2 Å². The van der Waals surface area contributed by atoms with Crippen LogP contribution in [-0.2, 0) is 17.9 Å². The molecular formula is C23H27FN6O3. The van der Waals surface area contributed by atoms with Crippen molar-refractivity contribution in [2.75, 3.05) is 38.3 Å². The molecule has 1 amide bonds. The van der Waals surface area contributed by atoms with Crippen LogP contribution in [0.3, 0.4) is 0 Å². The van der Waals surface area contributed by atoms with E-state index in [0.29, 0.717) is 24.3 Å².